The van der Waals surface area contributed by atoms with E-state index in [9.17, 15) is 14.4 Å². The number of rotatable bonds is 6. The molecule has 1 aliphatic carbocycles. The van der Waals surface area contributed by atoms with Crippen LogP contribution in [0.2, 0.25) is 5.02 Å². The smallest absolute Gasteiger partial charge is 0.326 e. The second-order valence-electron chi connectivity index (χ2n) is 6.94. The second kappa shape index (κ2) is 8.17. The number of esters is 1. The number of hydrogen-bond donors (Lipinski definition) is 1. The van der Waals surface area contributed by atoms with Gasteiger partial charge in [-0.05, 0) is 30.9 Å². The van der Waals surface area contributed by atoms with Gasteiger partial charge < -0.3 is 14.8 Å². The largest absolute Gasteiger partial charge is 0.488 e. The molecule has 0 aromatic heterocycles. The molecule has 2 atom stereocenters. The minimum atomic E-state index is -0.872. The highest BCUT2D eigenvalue weighted by Gasteiger charge is 2.55. The predicted octanol–water partition coefficient (Wildman–Crippen LogP) is 2.76. The molecule has 1 N–H and O–H groups in total. The Bertz CT molecular complexity index is 741. The Morgan fingerprint density at radius 1 is 1.30 bits per heavy atom. The van der Waals surface area contributed by atoms with E-state index in [1.54, 1.807) is 24.3 Å². The van der Waals surface area contributed by atoms with Crippen molar-refractivity contribution in [3.63, 3.8) is 0 Å². The van der Waals surface area contributed by atoms with Gasteiger partial charge in [0.1, 0.15) is 31.0 Å². The van der Waals surface area contributed by atoms with E-state index >= 15 is 0 Å². The molecule has 1 heterocycles. The topological polar surface area (TPSA) is 84.9 Å². The summed E-state index contributed by atoms with van der Waals surface area (Å²) >= 11 is 5.97. The van der Waals surface area contributed by atoms with Crippen molar-refractivity contribution in [2.45, 2.75) is 38.1 Å². The molecule has 1 aromatic rings. The summed E-state index contributed by atoms with van der Waals surface area (Å²) in [5.74, 6) is -0.434. The van der Waals surface area contributed by atoms with Crippen molar-refractivity contribution in [2.75, 3.05) is 19.8 Å². The summed E-state index contributed by atoms with van der Waals surface area (Å²) in [5, 5.41) is 3.28. The molecule has 0 unspecified atom stereocenters. The Morgan fingerprint density at radius 3 is 2.81 bits per heavy atom. The molecule has 0 radical (unpaired) electrons. The summed E-state index contributed by atoms with van der Waals surface area (Å²) in [6.45, 7) is 1.68. The number of amides is 3. The molecule has 3 rings (SSSR count). The normalized spacial score (nSPS) is 24.8. The lowest BCUT2D eigenvalue weighted by Gasteiger charge is -2.36. The fourth-order valence-electron chi connectivity index (χ4n) is 3.68. The Balaban J connectivity index is 1.48. The molecule has 1 saturated heterocycles. The SMILES string of the molecule is C[C@H]1CCCC[C@@]12NC(=O)N(CC(=O)OCCOc1ccccc1Cl)C2=O. The highest BCUT2D eigenvalue weighted by molar-refractivity contribution is 6.32. The first kappa shape index (κ1) is 19.5. The Hall–Kier alpha value is -2.28. The third-order valence-electron chi connectivity index (χ3n) is 5.23. The number of halogens is 1. The van der Waals surface area contributed by atoms with Gasteiger partial charge in [0.25, 0.3) is 5.91 Å². The minimum absolute atomic E-state index is 0.00471. The van der Waals surface area contributed by atoms with E-state index in [1.807, 2.05) is 6.92 Å². The molecule has 1 aromatic carbocycles. The zero-order chi connectivity index (χ0) is 19.4. The number of nitrogens with one attached hydrogen (secondary N) is 1. The standard InChI is InChI=1S/C19H23ClN2O5/c1-13-6-4-5-9-19(13)17(24)22(18(25)21-19)12-16(23)27-11-10-26-15-8-3-2-7-14(15)20/h2-3,7-8,13H,4-6,9-12H2,1H3,(H,21,25)/t13-,19+/m0/s1. The summed E-state index contributed by atoms with van der Waals surface area (Å²) < 4.78 is 10.5. The molecular weight excluding hydrogens is 372 g/mol. The zero-order valence-electron chi connectivity index (χ0n) is 15.2. The monoisotopic (exact) mass is 394 g/mol. The average Bonchev–Trinajstić information content (AvgIpc) is 2.88. The molecule has 1 spiro atoms. The number of ether oxygens (including phenoxy) is 2. The van der Waals surface area contributed by atoms with Crippen LogP contribution in [0, 0.1) is 5.92 Å². The fourth-order valence-corrected chi connectivity index (χ4v) is 3.87. The van der Waals surface area contributed by atoms with E-state index in [2.05, 4.69) is 5.32 Å². The van der Waals surface area contributed by atoms with Crippen molar-refractivity contribution in [3.8, 4) is 5.75 Å². The van der Waals surface area contributed by atoms with E-state index in [-0.39, 0.29) is 25.0 Å². The summed E-state index contributed by atoms with van der Waals surface area (Å²) in [4.78, 5) is 38.0. The molecule has 8 heteroatoms. The van der Waals surface area contributed by atoms with Crippen molar-refractivity contribution in [1.82, 2.24) is 10.2 Å². The highest BCUT2D eigenvalue weighted by Crippen LogP contribution is 2.38. The van der Waals surface area contributed by atoms with Crippen LogP contribution in [-0.4, -0.2) is 48.1 Å². The molecule has 1 aliphatic heterocycles. The fraction of sp³-hybridized carbons (Fsp3) is 0.526. The molecule has 0 bridgehead atoms. The quantitative estimate of drug-likeness (QED) is 0.455. The number of hydrogen-bond acceptors (Lipinski definition) is 5. The van der Waals surface area contributed by atoms with Crippen molar-refractivity contribution < 1.29 is 23.9 Å². The maximum absolute atomic E-state index is 12.8. The number of carbonyl (C=O) groups excluding carboxylic acids is 3. The van der Waals surface area contributed by atoms with Gasteiger partial charge in [0.05, 0.1) is 5.02 Å². The molecule has 27 heavy (non-hydrogen) atoms. The third kappa shape index (κ3) is 4.03. The lowest BCUT2D eigenvalue weighted by molar-refractivity contribution is -0.149. The Kier molecular flexibility index (Phi) is 5.89. The predicted molar refractivity (Wildman–Crippen MR) is 98.5 cm³/mol. The van der Waals surface area contributed by atoms with Crippen LogP contribution >= 0.6 is 11.6 Å². The molecule has 2 fully saturated rings. The van der Waals surface area contributed by atoms with Crippen LogP contribution in [0.25, 0.3) is 0 Å². The summed E-state index contributed by atoms with van der Waals surface area (Å²) in [7, 11) is 0. The number of nitrogens with zero attached hydrogens (tertiary/aromatic N) is 1. The maximum Gasteiger partial charge on any atom is 0.326 e. The zero-order valence-corrected chi connectivity index (χ0v) is 16.0. The van der Waals surface area contributed by atoms with Crippen LogP contribution in [0.4, 0.5) is 4.79 Å². The second-order valence-corrected chi connectivity index (χ2v) is 7.35. The summed E-state index contributed by atoms with van der Waals surface area (Å²) in [6, 6.07) is 6.45. The van der Waals surface area contributed by atoms with E-state index in [4.69, 9.17) is 21.1 Å². The van der Waals surface area contributed by atoms with E-state index in [1.165, 1.54) is 0 Å². The van der Waals surface area contributed by atoms with E-state index in [0.717, 1.165) is 24.2 Å². The van der Waals surface area contributed by atoms with Crippen LogP contribution in [0.15, 0.2) is 24.3 Å². The van der Waals surface area contributed by atoms with Gasteiger partial charge >= 0.3 is 12.0 Å². The average molecular weight is 395 g/mol. The minimum Gasteiger partial charge on any atom is -0.488 e. The van der Waals surface area contributed by atoms with Crippen LogP contribution < -0.4 is 10.1 Å². The maximum atomic E-state index is 12.8. The van der Waals surface area contributed by atoms with Crippen LogP contribution in [0.5, 0.6) is 5.75 Å². The lowest BCUT2D eigenvalue weighted by atomic mass is 9.73. The number of urea groups is 1. The van der Waals surface area contributed by atoms with Gasteiger partial charge in [-0.2, -0.15) is 0 Å². The first-order chi connectivity index (χ1) is 12.9. The molecule has 7 nitrogen and oxygen atoms in total. The first-order valence-corrected chi connectivity index (χ1v) is 9.49. The van der Waals surface area contributed by atoms with Gasteiger partial charge in [0.2, 0.25) is 0 Å². The molecule has 3 amide bonds. The third-order valence-corrected chi connectivity index (χ3v) is 5.54. The number of para-hydroxylation sites is 1. The van der Waals surface area contributed by atoms with Gasteiger partial charge in [-0.15, -0.1) is 0 Å². The van der Waals surface area contributed by atoms with Gasteiger partial charge in [0.15, 0.2) is 0 Å². The Labute approximate surface area is 162 Å². The molecule has 2 aliphatic rings. The lowest BCUT2D eigenvalue weighted by Crippen LogP contribution is -2.54. The molecule has 146 valence electrons. The van der Waals surface area contributed by atoms with Crippen LogP contribution in [0.1, 0.15) is 32.6 Å². The van der Waals surface area contributed by atoms with Crippen molar-refractivity contribution in [2.24, 2.45) is 5.92 Å². The van der Waals surface area contributed by atoms with Gasteiger partial charge in [-0.25, -0.2) is 4.79 Å². The molecule has 1 saturated carbocycles. The van der Waals surface area contributed by atoms with E-state index < -0.39 is 24.1 Å². The van der Waals surface area contributed by atoms with Crippen molar-refractivity contribution in [3.05, 3.63) is 29.3 Å². The highest BCUT2D eigenvalue weighted by atomic mass is 35.5. The Morgan fingerprint density at radius 2 is 2.07 bits per heavy atom. The number of benzene rings is 1. The summed E-state index contributed by atoms with van der Waals surface area (Å²) in [6.07, 6.45) is 3.41. The number of imide groups is 1. The van der Waals surface area contributed by atoms with Gasteiger partial charge in [0, 0.05) is 0 Å². The van der Waals surface area contributed by atoms with E-state index in [0.29, 0.717) is 17.2 Å². The number of carbonyl (C=O) groups is 3. The van der Waals surface area contributed by atoms with Gasteiger partial charge in [-0.3, -0.25) is 14.5 Å². The van der Waals surface area contributed by atoms with Crippen LogP contribution in [-0.2, 0) is 14.3 Å². The first-order valence-electron chi connectivity index (χ1n) is 9.11. The molecular formula is C19H23ClN2O5. The van der Waals surface area contributed by atoms with Gasteiger partial charge in [-0.1, -0.05) is 43.5 Å². The summed E-state index contributed by atoms with van der Waals surface area (Å²) in [5.41, 5.74) is -0.872. The van der Waals surface area contributed by atoms with Crippen molar-refractivity contribution >= 4 is 29.5 Å². The van der Waals surface area contributed by atoms with Crippen LogP contribution in [0.3, 0.4) is 0 Å². The van der Waals surface area contributed by atoms with Crippen molar-refractivity contribution in [1.29, 1.82) is 0 Å².